The van der Waals surface area contributed by atoms with Crippen molar-refractivity contribution in [1.29, 1.82) is 0 Å². The zero-order valence-corrected chi connectivity index (χ0v) is 13.8. The molecule has 1 N–H and O–H groups in total. The monoisotopic (exact) mass is 380 g/mol. The number of likely N-dealkylation sites (tertiary alicyclic amines) is 1. The van der Waals surface area contributed by atoms with Crippen molar-refractivity contribution in [2.45, 2.75) is 32.6 Å². The molecular formula is C16H17F5N2O3. The molecule has 1 aliphatic rings. The highest BCUT2D eigenvalue weighted by Crippen LogP contribution is 2.38. The number of hydrogen-bond acceptors (Lipinski definition) is 3. The molecule has 0 saturated carbocycles. The lowest BCUT2D eigenvalue weighted by atomic mass is 9.97. The lowest BCUT2D eigenvalue weighted by Crippen LogP contribution is -2.42. The van der Waals surface area contributed by atoms with E-state index in [4.69, 9.17) is 0 Å². The number of nitrogens with one attached hydrogen (secondary N) is 1. The number of alkyl halides is 5. The number of rotatable bonds is 4. The molecule has 2 amide bonds. The van der Waals surface area contributed by atoms with Gasteiger partial charge in [0.15, 0.2) is 0 Å². The Hall–Kier alpha value is -2.39. The van der Waals surface area contributed by atoms with Gasteiger partial charge in [-0.05, 0) is 31.0 Å². The van der Waals surface area contributed by atoms with Gasteiger partial charge >= 0.3 is 12.8 Å². The van der Waals surface area contributed by atoms with E-state index >= 15 is 0 Å². The van der Waals surface area contributed by atoms with Crippen molar-refractivity contribution >= 4 is 17.5 Å². The molecule has 2 rings (SSSR count). The Kier molecular flexibility index (Phi) is 6.04. The molecule has 1 atom stereocenters. The summed E-state index contributed by atoms with van der Waals surface area (Å²) in [6.45, 7) is -1.33. The number of ether oxygens (including phenoxy) is 1. The van der Waals surface area contributed by atoms with Crippen LogP contribution in [0.1, 0.15) is 25.3 Å². The number of anilines is 1. The first-order valence-electron chi connectivity index (χ1n) is 7.80. The first-order valence-corrected chi connectivity index (χ1v) is 7.80. The smallest absolute Gasteiger partial charge is 0.420 e. The first-order chi connectivity index (χ1) is 12.1. The quantitative estimate of drug-likeness (QED) is 0.814. The fourth-order valence-corrected chi connectivity index (χ4v) is 2.75. The van der Waals surface area contributed by atoms with E-state index in [-0.39, 0.29) is 18.1 Å². The van der Waals surface area contributed by atoms with E-state index < -0.39 is 35.9 Å². The lowest BCUT2D eigenvalue weighted by Gasteiger charge is -2.31. The molecule has 1 heterocycles. The van der Waals surface area contributed by atoms with Crippen LogP contribution in [0.3, 0.4) is 0 Å². The molecule has 1 aromatic rings. The van der Waals surface area contributed by atoms with E-state index in [9.17, 15) is 31.5 Å². The van der Waals surface area contributed by atoms with E-state index in [0.717, 1.165) is 12.1 Å². The van der Waals surface area contributed by atoms with Crippen LogP contribution in [0.25, 0.3) is 0 Å². The summed E-state index contributed by atoms with van der Waals surface area (Å²) in [6.07, 6.45) is -3.83. The summed E-state index contributed by atoms with van der Waals surface area (Å²) in [5.41, 5.74) is -1.60. The Balaban J connectivity index is 2.16. The highest BCUT2D eigenvalue weighted by Gasteiger charge is 2.36. The molecule has 0 radical (unpaired) electrons. The SMILES string of the molecule is CC(=O)N1CCCC(C(=O)Nc2ccc(OC(F)F)c(C(F)(F)F)c2)C1. The van der Waals surface area contributed by atoms with Crippen molar-refractivity contribution in [3.05, 3.63) is 23.8 Å². The summed E-state index contributed by atoms with van der Waals surface area (Å²) in [4.78, 5) is 25.2. The predicted molar refractivity (Wildman–Crippen MR) is 81.7 cm³/mol. The molecule has 1 aliphatic heterocycles. The van der Waals surface area contributed by atoms with Crippen LogP contribution in [0.5, 0.6) is 5.75 Å². The van der Waals surface area contributed by atoms with E-state index in [1.807, 2.05) is 0 Å². The highest BCUT2D eigenvalue weighted by molar-refractivity contribution is 5.93. The number of halogens is 5. The Morgan fingerprint density at radius 2 is 2.00 bits per heavy atom. The molecule has 144 valence electrons. The highest BCUT2D eigenvalue weighted by atomic mass is 19.4. The molecule has 1 aromatic carbocycles. The summed E-state index contributed by atoms with van der Waals surface area (Å²) in [6, 6.07) is 2.32. The van der Waals surface area contributed by atoms with Crippen molar-refractivity contribution in [1.82, 2.24) is 4.90 Å². The maximum absolute atomic E-state index is 13.0. The Morgan fingerprint density at radius 1 is 1.31 bits per heavy atom. The molecule has 1 unspecified atom stereocenters. The zero-order chi connectivity index (χ0) is 19.5. The van der Waals surface area contributed by atoms with Gasteiger partial charge in [-0.15, -0.1) is 0 Å². The van der Waals surface area contributed by atoms with Crippen LogP contribution in [-0.2, 0) is 15.8 Å². The standard InChI is InChI=1S/C16H17F5N2O3/c1-9(24)23-6-2-3-10(8-23)14(25)22-11-4-5-13(26-15(17)18)12(7-11)16(19,20)21/h4-5,7,10,15H,2-3,6,8H2,1H3,(H,22,25). The topological polar surface area (TPSA) is 58.6 Å². The Bertz CT molecular complexity index is 678. The van der Waals surface area contributed by atoms with Crippen molar-refractivity contribution in [2.24, 2.45) is 5.92 Å². The minimum atomic E-state index is -4.93. The van der Waals surface area contributed by atoms with Gasteiger partial charge in [-0.2, -0.15) is 22.0 Å². The summed E-state index contributed by atoms with van der Waals surface area (Å²) >= 11 is 0. The summed E-state index contributed by atoms with van der Waals surface area (Å²) in [5.74, 6) is -2.30. The average Bonchev–Trinajstić information content (AvgIpc) is 2.54. The number of benzene rings is 1. The minimum Gasteiger partial charge on any atom is -0.434 e. The number of amides is 2. The molecule has 26 heavy (non-hydrogen) atoms. The molecule has 1 saturated heterocycles. The normalized spacial score (nSPS) is 18.0. The average molecular weight is 380 g/mol. The van der Waals surface area contributed by atoms with Crippen molar-refractivity contribution in [3.8, 4) is 5.75 Å². The predicted octanol–water partition coefficient (Wildman–Crippen LogP) is 3.50. The van der Waals surface area contributed by atoms with Gasteiger partial charge in [-0.25, -0.2) is 0 Å². The van der Waals surface area contributed by atoms with E-state index in [0.29, 0.717) is 25.5 Å². The van der Waals surface area contributed by atoms with Crippen LogP contribution < -0.4 is 10.1 Å². The maximum Gasteiger partial charge on any atom is 0.420 e. The number of nitrogens with zero attached hydrogens (tertiary/aromatic N) is 1. The number of carbonyl (C=O) groups excluding carboxylic acids is 2. The van der Waals surface area contributed by atoms with Gasteiger partial charge in [0.25, 0.3) is 0 Å². The van der Waals surface area contributed by atoms with Gasteiger partial charge in [-0.3, -0.25) is 9.59 Å². The second-order valence-corrected chi connectivity index (χ2v) is 5.88. The molecule has 0 aromatic heterocycles. The zero-order valence-electron chi connectivity index (χ0n) is 13.8. The van der Waals surface area contributed by atoms with Crippen LogP contribution in [0.2, 0.25) is 0 Å². The van der Waals surface area contributed by atoms with Crippen molar-refractivity contribution < 1.29 is 36.3 Å². The fourth-order valence-electron chi connectivity index (χ4n) is 2.75. The first kappa shape index (κ1) is 19.9. The second-order valence-electron chi connectivity index (χ2n) is 5.88. The summed E-state index contributed by atoms with van der Waals surface area (Å²) in [7, 11) is 0. The third-order valence-corrected chi connectivity index (χ3v) is 4.01. The Morgan fingerprint density at radius 3 is 2.58 bits per heavy atom. The van der Waals surface area contributed by atoms with Crippen LogP contribution in [0.15, 0.2) is 18.2 Å². The number of hydrogen-bond donors (Lipinski definition) is 1. The fraction of sp³-hybridized carbons (Fsp3) is 0.500. The lowest BCUT2D eigenvalue weighted by molar-refractivity contribution is -0.142. The third-order valence-electron chi connectivity index (χ3n) is 4.01. The summed E-state index contributed by atoms with van der Waals surface area (Å²) < 4.78 is 67.5. The molecule has 0 spiro atoms. The van der Waals surface area contributed by atoms with Gasteiger partial charge in [0.1, 0.15) is 5.75 Å². The number of carbonyl (C=O) groups is 2. The van der Waals surface area contributed by atoms with Gasteiger partial charge in [0.05, 0.1) is 11.5 Å². The molecule has 10 heteroatoms. The van der Waals surface area contributed by atoms with Crippen LogP contribution in [-0.4, -0.2) is 36.4 Å². The van der Waals surface area contributed by atoms with Crippen LogP contribution in [0, 0.1) is 5.92 Å². The van der Waals surface area contributed by atoms with Gasteiger partial charge < -0.3 is 15.0 Å². The molecule has 0 bridgehead atoms. The third kappa shape index (κ3) is 5.06. The maximum atomic E-state index is 13.0. The van der Waals surface area contributed by atoms with Gasteiger partial charge in [-0.1, -0.05) is 0 Å². The molecule has 0 aliphatic carbocycles. The van der Waals surface area contributed by atoms with E-state index in [2.05, 4.69) is 10.1 Å². The summed E-state index contributed by atoms with van der Waals surface area (Å²) in [5, 5.41) is 2.34. The second kappa shape index (κ2) is 7.88. The van der Waals surface area contributed by atoms with E-state index in [1.54, 1.807) is 0 Å². The van der Waals surface area contributed by atoms with Crippen LogP contribution >= 0.6 is 0 Å². The van der Waals surface area contributed by atoms with Gasteiger partial charge in [0, 0.05) is 25.7 Å². The molecular weight excluding hydrogens is 363 g/mol. The van der Waals surface area contributed by atoms with Crippen molar-refractivity contribution in [2.75, 3.05) is 18.4 Å². The van der Waals surface area contributed by atoms with Crippen LogP contribution in [0.4, 0.5) is 27.6 Å². The molecule has 5 nitrogen and oxygen atoms in total. The molecule has 1 fully saturated rings. The largest absolute Gasteiger partial charge is 0.434 e. The van der Waals surface area contributed by atoms with Gasteiger partial charge in [0.2, 0.25) is 11.8 Å². The van der Waals surface area contributed by atoms with E-state index in [1.165, 1.54) is 11.8 Å². The number of piperidine rings is 1. The minimum absolute atomic E-state index is 0.180. The van der Waals surface area contributed by atoms with Crippen molar-refractivity contribution in [3.63, 3.8) is 0 Å². The Labute approximate surface area is 146 Å².